The van der Waals surface area contributed by atoms with E-state index in [1.807, 2.05) is 26.8 Å². The fourth-order valence-corrected chi connectivity index (χ4v) is 1.43. The van der Waals surface area contributed by atoms with Crippen LogP contribution >= 0.6 is 0 Å². The second-order valence-electron chi connectivity index (χ2n) is 5.03. The summed E-state index contributed by atoms with van der Waals surface area (Å²) >= 11 is 0. The van der Waals surface area contributed by atoms with Gasteiger partial charge in [0.05, 0.1) is 18.6 Å². The highest BCUT2D eigenvalue weighted by molar-refractivity contribution is 5.70. The van der Waals surface area contributed by atoms with Crippen molar-refractivity contribution >= 4 is 5.97 Å². The maximum atomic E-state index is 10.6. The van der Waals surface area contributed by atoms with Crippen molar-refractivity contribution in [2.24, 2.45) is 0 Å². The topological polar surface area (TPSA) is 55.8 Å². The number of carboxylic acids is 1. The Hall–Kier alpha value is -1.55. The van der Waals surface area contributed by atoms with Gasteiger partial charge in [-0.25, -0.2) is 0 Å². The van der Waals surface area contributed by atoms with E-state index in [0.717, 1.165) is 5.56 Å². The molecule has 0 aliphatic rings. The van der Waals surface area contributed by atoms with Crippen molar-refractivity contribution < 1.29 is 19.4 Å². The molecular weight excluding hydrogens is 232 g/mol. The van der Waals surface area contributed by atoms with Crippen LogP contribution in [0.25, 0.3) is 0 Å². The van der Waals surface area contributed by atoms with Crippen molar-refractivity contribution in [2.75, 3.05) is 13.2 Å². The van der Waals surface area contributed by atoms with E-state index in [9.17, 15) is 4.79 Å². The van der Waals surface area contributed by atoms with Gasteiger partial charge < -0.3 is 14.6 Å². The number of rotatable bonds is 6. The van der Waals surface area contributed by atoms with Crippen LogP contribution in [0.1, 0.15) is 26.3 Å². The third-order valence-corrected chi connectivity index (χ3v) is 2.14. The van der Waals surface area contributed by atoms with E-state index >= 15 is 0 Å². The molecule has 0 amide bonds. The van der Waals surface area contributed by atoms with Crippen molar-refractivity contribution in [1.29, 1.82) is 0 Å². The normalized spacial score (nSPS) is 11.3. The monoisotopic (exact) mass is 252 g/mol. The molecule has 1 aromatic carbocycles. The van der Waals surface area contributed by atoms with E-state index in [1.165, 1.54) is 0 Å². The van der Waals surface area contributed by atoms with Crippen molar-refractivity contribution in [3.63, 3.8) is 0 Å². The average Bonchev–Trinajstić information content (AvgIpc) is 2.23. The minimum atomic E-state index is -0.844. The molecule has 0 radical (unpaired) electrons. The van der Waals surface area contributed by atoms with Gasteiger partial charge in [-0.1, -0.05) is 12.1 Å². The fourth-order valence-electron chi connectivity index (χ4n) is 1.43. The van der Waals surface area contributed by atoms with Crippen LogP contribution in [0, 0.1) is 0 Å². The van der Waals surface area contributed by atoms with E-state index in [0.29, 0.717) is 19.0 Å². The van der Waals surface area contributed by atoms with Crippen LogP contribution in [0.3, 0.4) is 0 Å². The number of benzene rings is 1. The number of carboxylic acid groups (broad SMARTS) is 1. The van der Waals surface area contributed by atoms with Crippen LogP contribution in [-0.2, 0) is 16.0 Å². The Morgan fingerprint density at radius 1 is 1.28 bits per heavy atom. The molecule has 0 atom stereocenters. The van der Waals surface area contributed by atoms with Gasteiger partial charge in [-0.15, -0.1) is 0 Å². The Labute approximate surface area is 108 Å². The van der Waals surface area contributed by atoms with E-state index in [1.54, 1.807) is 18.2 Å². The van der Waals surface area contributed by atoms with Crippen LogP contribution in [0.5, 0.6) is 5.75 Å². The average molecular weight is 252 g/mol. The molecule has 0 aromatic heterocycles. The molecule has 1 aromatic rings. The Bertz CT molecular complexity index is 393. The van der Waals surface area contributed by atoms with Crippen molar-refractivity contribution in [3.8, 4) is 5.75 Å². The molecular formula is C14H20O4. The molecule has 4 heteroatoms. The second-order valence-corrected chi connectivity index (χ2v) is 5.03. The molecule has 0 fully saturated rings. The summed E-state index contributed by atoms with van der Waals surface area (Å²) < 4.78 is 11.0. The minimum Gasteiger partial charge on any atom is -0.491 e. The molecule has 18 heavy (non-hydrogen) atoms. The highest BCUT2D eigenvalue weighted by Crippen LogP contribution is 2.14. The smallest absolute Gasteiger partial charge is 0.307 e. The molecule has 0 saturated heterocycles. The zero-order chi connectivity index (χ0) is 13.6. The van der Waals surface area contributed by atoms with Gasteiger partial charge in [0.25, 0.3) is 0 Å². The molecule has 4 nitrogen and oxygen atoms in total. The molecule has 0 heterocycles. The first-order chi connectivity index (χ1) is 8.37. The zero-order valence-electron chi connectivity index (χ0n) is 11.1. The number of hydrogen-bond acceptors (Lipinski definition) is 3. The van der Waals surface area contributed by atoms with Crippen LogP contribution in [0.15, 0.2) is 24.3 Å². The lowest BCUT2D eigenvalue weighted by Gasteiger charge is -2.19. The highest BCUT2D eigenvalue weighted by atomic mass is 16.5. The summed E-state index contributed by atoms with van der Waals surface area (Å²) in [6.07, 6.45) is 0.00961. The summed E-state index contributed by atoms with van der Waals surface area (Å²) in [6, 6.07) is 7.11. The van der Waals surface area contributed by atoms with Gasteiger partial charge in [0.2, 0.25) is 0 Å². The number of hydrogen-bond donors (Lipinski definition) is 1. The Morgan fingerprint density at radius 3 is 2.61 bits per heavy atom. The largest absolute Gasteiger partial charge is 0.491 e. The van der Waals surface area contributed by atoms with Gasteiger partial charge in [0.1, 0.15) is 12.4 Å². The van der Waals surface area contributed by atoms with E-state index in [4.69, 9.17) is 14.6 Å². The molecule has 0 unspecified atom stereocenters. The predicted octanol–water partition coefficient (Wildman–Crippen LogP) is 2.51. The second kappa shape index (κ2) is 6.40. The van der Waals surface area contributed by atoms with E-state index in [2.05, 4.69) is 0 Å². The Morgan fingerprint density at radius 2 is 2.00 bits per heavy atom. The third-order valence-electron chi connectivity index (χ3n) is 2.14. The maximum Gasteiger partial charge on any atom is 0.307 e. The summed E-state index contributed by atoms with van der Waals surface area (Å²) in [6.45, 7) is 6.92. The Balaban J connectivity index is 2.40. The van der Waals surface area contributed by atoms with Gasteiger partial charge in [-0.05, 0) is 38.5 Å². The molecule has 0 saturated carbocycles. The fraction of sp³-hybridized carbons (Fsp3) is 0.500. The first-order valence-electron chi connectivity index (χ1n) is 5.94. The molecule has 100 valence electrons. The SMILES string of the molecule is CC(C)(C)OCCOc1cccc(CC(=O)O)c1. The van der Waals surface area contributed by atoms with Crippen molar-refractivity contribution in [3.05, 3.63) is 29.8 Å². The van der Waals surface area contributed by atoms with Crippen LogP contribution < -0.4 is 4.74 Å². The summed E-state index contributed by atoms with van der Waals surface area (Å²) in [5.41, 5.74) is 0.561. The molecule has 0 bridgehead atoms. The van der Waals surface area contributed by atoms with Crippen LogP contribution in [0.2, 0.25) is 0 Å². The molecule has 0 aliphatic carbocycles. The molecule has 1 rings (SSSR count). The first kappa shape index (κ1) is 14.5. The summed E-state index contributed by atoms with van der Waals surface area (Å²) in [4.78, 5) is 10.6. The lowest BCUT2D eigenvalue weighted by molar-refractivity contribution is -0.136. The lowest BCUT2D eigenvalue weighted by Crippen LogP contribution is -2.22. The molecule has 1 N–H and O–H groups in total. The van der Waals surface area contributed by atoms with E-state index in [-0.39, 0.29) is 12.0 Å². The third kappa shape index (κ3) is 6.25. The zero-order valence-corrected chi connectivity index (χ0v) is 11.1. The minimum absolute atomic E-state index is 0.00961. The summed E-state index contributed by atoms with van der Waals surface area (Å²) in [5.74, 6) is -0.172. The first-order valence-corrected chi connectivity index (χ1v) is 5.94. The molecule has 0 aliphatic heterocycles. The van der Waals surface area contributed by atoms with Gasteiger partial charge >= 0.3 is 5.97 Å². The number of ether oxygens (including phenoxy) is 2. The van der Waals surface area contributed by atoms with Crippen LogP contribution in [-0.4, -0.2) is 29.9 Å². The van der Waals surface area contributed by atoms with Gasteiger partial charge in [0.15, 0.2) is 0 Å². The van der Waals surface area contributed by atoms with Gasteiger partial charge in [0, 0.05) is 0 Å². The highest BCUT2D eigenvalue weighted by Gasteiger charge is 2.09. The van der Waals surface area contributed by atoms with Crippen molar-refractivity contribution in [1.82, 2.24) is 0 Å². The van der Waals surface area contributed by atoms with Crippen LogP contribution in [0.4, 0.5) is 0 Å². The van der Waals surface area contributed by atoms with Gasteiger partial charge in [-0.2, -0.15) is 0 Å². The van der Waals surface area contributed by atoms with E-state index < -0.39 is 5.97 Å². The number of carbonyl (C=O) groups is 1. The standard InChI is InChI=1S/C14H20O4/c1-14(2,3)18-8-7-17-12-6-4-5-11(9-12)10-13(15)16/h4-6,9H,7-8,10H2,1-3H3,(H,15,16). The summed E-state index contributed by atoms with van der Waals surface area (Å²) in [5, 5.41) is 8.70. The predicted molar refractivity (Wildman–Crippen MR) is 69.0 cm³/mol. The maximum absolute atomic E-state index is 10.6. The van der Waals surface area contributed by atoms with Gasteiger partial charge in [-0.3, -0.25) is 4.79 Å². The quantitative estimate of drug-likeness (QED) is 0.790. The molecule has 0 spiro atoms. The lowest BCUT2D eigenvalue weighted by atomic mass is 10.1. The number of aliphatic carboxylic acids is 1. The Kier molecular flexibility index (Phi) is 5.16. The summed E-state index contributed by atoms with van der Waals surface area (Å²) in [7, 11) is 0. The van der Waals surface area contributed by atoms with Crippen molar-refractivity contribution in [2.45, 2.75) is 32.8 Å².